The Morgan fingerprint density at radius 1 is 1.19 bits per heavy atom. The van der Waals surface area contributed by atoms with E-state index in [2.05, 4.69) is 44.2 Å². The highest BCUT2D eigenvalue weighted by Crippen LogP contribution is 2.52. The molecule has 4 rings (SSSR count). The molecule has 0 aromatic heterocycles. The van der Waals surface area contributed by atoms with E-state index in [0.717, 1.165) is 47.5 Å². The van der Waals surface area contributed by atoms with Crippen molar-refractivity contribution >= 4 is 5.97 Å². The molecule has 4 nitrogen and oxygen atoms in total. The number of aryl methyl sites for hydroxylation is 2. The molecule has 31 heavy (non-hydrogen) atoms. The van der Waals surface area contributed by atoms with Crippen molar-refractivity contribution in [2.45, 2.75) is 71.5 Å². The summed E-state index contributed by atoms with van der Waals surface area (Å²) in [6, 6.07) is 10.8. The Labute approximate surface area is 185 Å². The lowest BCUT2D eigenvalue weighted by Crippen LogP contribution is -2.29. The lowest BCUT2D eigenvalue weighted by Gasteiger charge is -2.30. The van der Waals surface area contributed by atoms with Crippen molar-refractivity contribution in [1.29, 1.82) is 0 Å². The zero-order valence-electron chi connectivity index (χ0n) is 19.6. The zero-order valence-corrected chi connectivity index (χ0v) is 19.6. The summed E-state index contributed by atoms with van der Waals surface area (Å²) in [7, 11) is 1.43. The van der Waals surface area contributed by atoms with Crippen LogP contribution in [0, 0.1) is 12.8 Å². The van der Waals surface area contributed by atoms with Gasteiger partial charge in [-0.1, -0.05) is 25.1 Å². The Balaban J connectivity index is 1.93. The maximum Gasteiger partial charge on any atom is 0.339 e. The van der Waals surface area contributed by atoms with Crippen LogP contribution >= 0.6 is 0 Å². The molecular weight excluding hydrogens is 388 g/mol. The lowest BCUT2D eigenvalue weighted by molar-refractivity contribution is -0.164. The Kier molecular flexibility index (Phi) is 5.87. The van der Waals surface area contributed by atoms with Crippen LogP contribution < -0.4 is 4.74 Å². The van der Waals surface area contributed by atoms with Crippen LogP contribution in [0.4, 0.5) is 0 Å². The molecule has 1 aliphatic heterocycles. The average Bonchev–Trinajstić information content (AvgIpc) is 3.46. The van der Waals surface area contributed by atoms with Crippen LogP contribution in [0.15, 0.2) is 30.3 Å². The minimum atomic E-state index is -0.777. The van der Waals surface area contributed by atoms with Gasteiger partial charge in [0.25, 0.3) is 0 Å². The Bertz CT molecular complexity index is 985. The quantitative estimate of drug-likeness (QED) is 0.543. The molecule has 0 N–H and O–H groups in total. The van der Waals surface area contributed by atoms with Gasteiger partial charge in [0.05, 0.1) is 19.3 Å². The molecule has 1 heterocycles. The molecule has 3 atom stereocenters. The Hall–Kier alpha value is -2.33. The summed E-state index contributed by atoms with van der Waals surface area (Å²) in [5.74, 6) is 1.77. The zero-order chi connectivity index (χ0) is 22.3. The highest BCUT2D eigenvalue weighted by Gasteiger charge is 2.39. The van der Waals surface area contributed by atoms with Crippen LogP contribution in [0.2, 0.25) is 0 Å². The third-order valence-electron chi connectivity index (χ3n) is 6.35. The first kappa shape index (κ1) is 21.9. The summed E-state index contributed by atoms with van der Waals surface area (Å²) in [5, 5.41) is 0. The van der Waals surface area contributed by atoms with Crippen molar-refractivity contribution in [2.75, 3.05) is 13.7 Å². The fourth-order valence-electron chi connectivity index (χ4n) is 4.67. The maximum absolute atomic E-state index is 13.0. The molecule has 0 spiro atoms. The number of hydrogen-bond donors (Lipinski definition) is 0. The van der Waals surface area contributed by atoms with Crippen molar-refractivity contribution in [1.82, 2.24) is 0 Å². The predicted octanol–water partition coefficient (Wildman–Crippen LogP) is 6.14. The summed E-state index contributed by atoms with van der Waals surface area (Å²) in [6.07, 6.45) is 2.44. The maximum atomic E-state index is 13.0. The average molecular weight is 423 g/mol. The predicted molar refractivity (Wildman–Crippen MR) is 123 cm³/mol. The normalized spacial score (nSPS) is 21.1. The van der Waals surface area contributed by atoms with Crippen LogP contribution in [0.1, 0.15) is 74.8 Å². The molecule has 1 aliphatic carbocycles. The fraction of sp³-hybridized carbons (Fsp3) is 0.519. The largest absolute Gasteiger partial charge is 0.493 e. The van der Waals surface area contributed by atoms with E-state index in [-0.39, 0.29) is 5.97 Å². The van der Waals surface area contributed by atoms with Crippen molar-refractivity contribution in [3.8, 4) is 16.9 Å². The van der Waals surface area contributed by atoms with Gasteiger partial charge in [-0.3, -0.25) is 0 Å². The van der Waals surface area contributed by atoms with Crippen LogP contribution in [0.5, 0.6) is 5.75 Å². The van der Waals surface area contributed by atoms with E-state index in [1.54, 1.807) is 0 Å². The van der Waals surface area contributed by atoms with Gasteiger partial charge in [-0.05, 0) is 98.7 Å². The van der Waals surface area contributed by atoms with Crippen LogP contribution in [0.25, 0.3) is 11.1 Å². The summed E-state index contributed by atoms with van der Waals surface area (Å²) in [5.41, 5.74) is 6.27. The minimum absolute atomic E-state index is 0.360. The van der Waals surface area contributed by atoms with Gasteiger partial charge in [-0.2, -0.15) is 0 Å². The smallest absolute Gasteiger partial charge is 0.339 e. The van der Waals surface area contributed by atoms with Gasteiger partial charge in [0.1, 0.15) is 5.75 Å². The third kappa shape index (κ3) is 4.50. The van der Waals surface area contributed by atoms with E-state index in [1.807, 2.05) is 20.8 Å². The molecule has 2 aromatic rings. The number of rotatable bonds is 5. The van der Waals surface area contributed by atoms with E-state index in [4.69, 9.17) is 14.2 Å². The second kappa shape index (κ2) is 8.31. The number of methoxy groups -OCH3 is 1. The fourth-order valence-corrected chi connectivity index (χ4v) is 4.67. The van der Waals surface area contributed by atoms with Crippen LogP contribution in [0.3, 0.4) is 0 Å². The van der Waals surface area contributed by atoms with Crippen LogP contribution in [-0.2, 0) is 20.7 Å². The number of carbonyl (C=O) groups excluding carboxylic acids is 1. The monoisotopic (exact) mass is 422 g/mol. The molecule has 2 aliphatic rings. The van der Waals surface area contributed by atoms with Crippen LogP contribution in [-0.4, -0.2) is 25.3 Å². The van der Waals surface area contributed by atoms with E-state index in [9.17, 15) is 4.79 Å². The van der Waals surface area contributed by atoms with E-state index in [0.29, 0.717) is 11.8 Å². The van der Waals surface area contributed by atoms with Gasteiger partial charge in [0.2, 0.25) is 0 Å². The summed E-state index contributed by atoms with van der Waals surface area (Å²) >= 11 is 0. The minimum Gasteiger partial charge on any atom is -0.493 e. The van der Waals surface area contributed by atoms with E-state index >= 15 is 0 Å². The Morgan fingerprint density at radius 3 is 2.58 bits per heavy atom. The number of ether oxygens (including phenoxy) is 3. The standard InChI is InChI=1S/C27H34O4/c1-16-9-11-20(21-14-17(21)2)24(19-10-12-22-18(15-19)8-7-13-30-22)23(16)25(26(28)29-6)31-27(3,4)5/h9-12,15,17,21,25H,7-8,13-14H2,1-6H3. The van der Waals surface area contributed by atoms with Gasteiger partial charge in [-0.25, -0.2) is 4.79 Å². The molecule has 1 fully saturated rings. The SMILES string of the molecule is COC(=O)C(OC(C)(C)C)c1c(C)ccc(C2CC2C)c1-c1ccc2c(c1)CCCO2. The van der Waals surface area contributed by atoms with Crippen molar-refractivity contribution in [2.24, 2.45) is 5.92 Å². The second-order valence-corrected chi connectivity index (χ2v) is 9.99. The molecule has 0 saturated heterocycles. The number of fused-ring (bicyclic) bond motifs is 1. The molecule has 0 amide bonds. The van der Waals surface area contributed by atoms with E-state index < -0.39 is 11.7 Å². The number of esters is 1. The molecule has 0 bridgehead atoms. The van der Waals surface area contributed by atoms with Gasteiger partial charge >= 0.3 is 5.97 Å². The molecule has 4 heteroatoms. The first-order valence-electron chi connectivity index (χ1n) is 11.3. The van der Waals surface area contributed by atoms with Gasteiger partial charge < -0.3 is 14.2 Å². The first-order valence-corrected chi connectivity index (χ1v) is 11.3. The van der Waals surface area contributed by atoms with Crippen molar-refractivity contribution in [3.05, 3.63) is 52.6 Å². The molecular formula is C27H34O4. The van der Waals surface area contributed by atoms with Gasteiger partial charge in [0, 0.05) is 5.56 Å². The Morgan fingerprint density at radius 2 is 1.94 bits per heavy atom. The molecule has 2 aromatic carbocycles. The summed E-state index contributed by atoms with van der Waals surface area (Å²) in [6.45, 7) is 11.0. The van der Waals surface area contributed by atoms with Gasteiger partial charge in [-0.15, -0.1) is 0 Å². The van der Waals surface area contributed by atoms with Crippen molar-refractivity contribution < 1.29 is 19.0 Å². The molecule has 1 saturated carbocycles. The number of benzene rings is 2. The number of hydrogen-bond acceptors (Lipinski definition) is 4. The summed E-state index contributed by atoms with van der Waals surface area (Å²) in [4.78, 5) is 13.0. The first-order chi connectivity index (χ1) is 14.7. The highest BCUT2D eigenvalue weighted by molar-refractivity contribution is 5.84. The molecule has 3 unspecified atom stereocenters. The van der Waals surface area contributed by atoms with E-state index in [1.165, 1.54) is 24.7 Å². The topological polar surface area (TPSA) is 44.8 Å². The number of carbonyl (C=O) groups is 1. The third-order valence-corrected chi connectivity index (χ3v) is 6.35. The lowest BCUT2D eigenvalue weighted by atomic mass is 9.85. The summed E-state index contributed by atoms with van der Waals surface area (Å²) < 4.78 is 17.4. The molecule has 166 valence electrons. The molecule has 0 radical (unpaired) electrons. The van der Waals surface area contributed by atoms with Gasteiger partial charge in [0.15, 0.2) is 6.10 Å². The highest BCUT2D eigenvalue weighted by atomic mass is 16.6. The van der Waals surface area contributed by atoms with Crippen molar-refractivity contribution in [3.63, 3.8) is 0 Å². The second-order valence-electron chi connectivity index (χ2n) is 9.99.